The van der Waals surface area contributed by atoms with Crippen molar-refractivity contribution in [3.8, 4) is 0 Å². The number of hydrogen-bond donors (Lipinski definition) is 2. The lowest BCUT2D eigenvalue weighted by Gasteiger charge is -2.58. The lowest BCUT2D eigenvalue weighted by atomic mass is 9.49. The SMILES string of the molecule is CN(Cc1ccc(/C=C/C(=O)NO)cc1F)CC12CC3CCC1CCC(C3)C2. The Morgan fingerprint density at radius 2 is 2.00 bits per heavy atom. The highest BCUT2D eigenvalue weighted by Crippen LogP contribution is 2.59. The number of carbonyl (C=O) groups excluding carboxylic acids is 1. The molecule has 3 saturated carbocycles. The standard InChI is InChI=1S/C23H31FN2O2/c1-26(14-19-6-2-16(11-21(19)24)5-9-22(27)25-28)15-23-12-17-3-7-20(23)8-4-18(10-17)13-23/h2,5-6,9,11,17-18,20,28H,3-4,7-8,10,12-15H2,1H3,(H,25,27)/b9-5+. The zero-order valence-electron chi connectivity index (χ0n) is 16.7. The molecule has 2 atom stereocenters. The number of carbonyl (C=O) groups is 1. The molecule has 1 aromatic carbocycles. The predicted octanol–water partition coefficient (Wildman–Crippen LogP) is 4.38. The molecular weight excluding hydrogens is 355 g/mol. The van der Waals surface area contributed by atoms with E-state index in [9.17, 15) is 9.18 Å². The molecule has 0 radical (unpaired) electrons. The molecule has 2 unspecified atom stereocenters. The number of fused-ring (bicyclic) bond motifs is 2. The normalized spacial score (nSPS) is 31.5. The number of halogens is 1. The Hall–Kier alpha value is -1.72. The highest BCUT2D eigenvalue weighted by molar-refractivity contribution is 5.90. The van der Waals surface area contributed by atoms with Crippen LogP contribution in [-0.2, 0) is 11.3 Å². The van der Waals surface area contributed by atoms with E-state index in [1.165, 1.54) is 68.6 Å². The summed E-state index contributed by atoms with van der Waals surface area (Å²) < 4.78 is 14.6. The lowest BCUT2D eigenvalue weighted by Crippen LogP contribution is -2.51. The first-order valence-electron chi connectivity index (χ1n) is 10.6. The van der Waals surface area contributed by atoms with Gasteiger partial charge in [-0.25, -0.2) is 9.87 Å². The highest BCUT2D eigenvalue weighted by Gasteiger charge is 2.51. The van der Waals surface area contributed by atoms with E-state index < -0.39 is 5.91 Å². The molecule has 4 rings (SSSR count). The van der Waals surface area contributed by atoms with Gasteiger partial charge in [-0.1, -0.05) is 25.0 Å². The van der Waals surface area contributed by atoms with Crippen molar-refractivity contribution in [3.05, 3.63) is 41.2 Å². The summed E-state index contributed by atoms with van der Waals surface area (Å²) >= 11 is 0. The number of rotatable bonds is 6. The van der Waals surface area contributed by atoms with E-state index in [0.717, 1.165) is 24.3 Å². The first-order valence-corrected chi connectivity index (χ1v) is 10.6. The molecule has 5 heteroatoms. The highest BCUT2D eigenvalue weighted by atomic mass is 19.1. The molecule has 3 bridgehead atoms. The summed E-state index contributed by atoms with van der Waals surface area (Å²) in [6.07, 6.45) is 12.5. The molecule has 1 amide bonds. The van der Waals surface area contributed by atoms with Gasteiger partial charge in [0.15, 0.2) is 0 Å². The van der Waals surface area contributed by atoms with Crippen molar-refractivity contribution in [3.63, 3.8) is 0 Å². The summed E-state index contributed by atoms with van der Waals surface area (Å²) in [4.78, 5) is 13.4. The molecule has 3 aliphatic carbocycles. The molecule has 0 saturated heterocycles. The fourth-order valence-corrected chi connectivity index (χ4v) is 6.42. The fraction of sp³-hybridized carbons (Fsp3) is 0.609. The zero-order valence-corrected chi connectivity index (χ0v) is 16.7. The van der Waals surface area contributed by atoms with E-state index in [1.807, 2.05) is 6.07 Å². The molecule has 3 fully saturated rings. The van der Waals surface area contributed by atoms with Crippen molar-refractivity contribution >= 4 is 12.0 Å². The molecule has 2 N–H and O–H groups in total. The Balaban J connectivity index is 1.42. The molecular formula is C23H31FN2O2. The van der Waals surface area contributed by atoms with Gasteiger partial charge in [-0.2, -0.15) is 0 Å². The topological polar surface area (TPSA) is 52.6 Å². The Kier molecular flexibility index (Phi) is 5.57. The van der Waals surface area contributed by atoms with Crippen LogP contribution in [0.1, 0.15) is 56.1 Å². The van der Waals surface area contributed by atoms with Crippen LogP contribution in [0.15, 0.2) is 24.3 Å². The molecule has 3 aliphatic rings. The molecule has 4 nitrogen and oxygen atoms in total. The van der Waals surface area contributed by atoms with Crippen LogP contribution in [0.2, 0.25) is 0 Å². The number of hydrogen-bond acceptors (Lipinski definition) is 3. The van der Waals surface area contributed by atoms with Gasteiger partial charge in [0.25, 0.3) is 5.91 Å². The van der Waals surface area contributed by atoms with Crippen LogP contribution in [0.4, 0.5) is 4.39 Å². The summed E-state index contributed by atoms with van der Waals surface area (Å²) in [5.41, 5.74) is 3.28. The third kappa shape index (κ3) is 4.01. The number of nitrogens with one attached hydrogen (secondary N) is 1. The molecule has 1 aromatic rings. The van der Waals surface area contributed by atoms with Crippen LogP contribution in [0.25, 0.3) is 6.08 Å². The van der Waals surface area contributed by atoms with Gasteiger partial charge in [-0.15, -0.1) is 0 Å². The van der Waals surface area contributed by atoms with E-state index in [4.69, 9.17) is 5.21 Å². The summed E-state index contributed by atoms with van der Waals surface area (Å²) in [6, 6.07) is 5.06. The van der Waals surface area contributed by atoms with E-state index in [-0.39, 0.29) is 5.82 Å². The lowest BCUT2D eigenvalue weighted by molar-refractivity contribution is -0.124. The van der Waals surface area contributed by atoms with Gasteiger partial charge in [0.1, 0.15) is 5.82 Å². The van der Waals surface area contributed by atoms with Gasteiger partial charge < -0.3 is 4.90 Å². The summed E-state index contributed by atoms with van der Waals surface area (Å²) in [6.45, 7) is 1.68. The smallest absolute Gasteiger partial charge is 0.267 e. The minimum absolute atomic E-state index is 0.248. The number of nitrogens with zero attached hydrogens (tertiary/aromatic N) is 1. The van der Waals surface area contributed by atoms with Crippen molar-refractivity contribution in [2.75, 3.05) is 13.6 Å². The van der Waals surface area contributed by atoms with Gasteiger partial charge in [0, 0.05) is 24.7 Å². The van der Waals surface area contributed by atoms with Crippen molar-refractivity contribution in [2.45, 2.75) is 51.5 Å². The van der Waals surface area contributed by atoms with Gasteiger partial charge >= 0.3 is 0 Å². The second kappa shape index (κ2) is 7.96. The second-order valence-corrected chi connectivity index (χ2v) is 9.42. The van der Waals surface area contributed by atoms with E-state index in [1.54, 1.807) is 6.07 Å². The van der Waals surface area contributed by atoms with Crippen LogP contribution < -0.4 is 5.48 Å². The van der Waals surface area contributed by atoms with Crippen LogP contribution in [0, 0.1) is 29.0 Å². The quantitative estimate of drug-likeness (QED) is 0.433. The summed E-state index contributed by atoms with van der Waals surface area (Å²) in [5, 5.41) is 8.52. The fourth-order valence-electron chi connectivity index (χ4n) is 6.42. The third-order valence-corrected chi connectivity index (χ3v) is 7.41. The maximum atomic E-state index is 14.6. The van der Waals surface area contributed by atoms with E-state index in [0.29, 0.717) is 23.1 Å². The molecule has 0 spiro atoms. The van der Waals surface area contributed by atoms with Gasteiger partial charge in [-0.3, -0.25) is 10.0 Å². The summed E-state index contributed by atoms with van der Waals surface area (Å²) in [5.74, 6) is 1.82. The average molecular weight is 387 g/mol. The van der Waals surface area contributed by atoms with Crippen molar-refractivity contribution < 1.29 is 14.4 Å². The van der Waals surface area contributed by atoms with Gasteiger partial charge in [0.05, 0.1) is 0 Å². The van der Waals surface area contributed by atoms with Crippen molar-refractivity contribution in [1.82, 2.24) is 10.4 Å². The van der Waals surface area contributed by atoms with Crippen molar-refractivity contribution in [2.24, 2.45) is 23.2 Å². The first-order chi connectivity index (χ1) is 13.5. The Bertz CT molecular complexity index is 747. The van der Waals surface area contributed by atoms with Gasteiger partial charge in [0.2, 0.25) is 0 Å². The van der Waals surface area contributed by atoms with E-state index in [2.05, 4.69) is 11.9 Å². The maximum absolute atomic E-state index is 14.6. The minimum Gasteiger partial charge on any atom is -0.301 e. The average Bonchev–Trinajstić information content (AvgIpc) is 2.66. The van der Waals surface area contributed by atoms with Gasteiger partial charge in [-0.05, 0) is 80.0 Å². The Labute approximate surface area is 166 Å². The van der Waals surface area contributed by atoms with Crippen LogP contribution in [0.5, 0.6) is 0 Å². The predicted molar refractivity (Wildman–Crippen MR) is 107 cm³/mol. The largest absolute Gasteiger partial charge is 0.301 e. The second-order valence-electron chi connectivity index (χ2n) is 9.42. The molecule has 0 heterocycles. The maximum Gasteiger partial charge on any atom is 0.267 e. The van der Waals surface area contributed by atoms with Crippen LogP contribution in [-0.4, -0.2) is 29.6 Å². The van der Waals surface area contributed by atoms with E-state index >= 15 is 0 Å². The zero-order chi connectivity index (χ0) is 19.7. The third-order valence-electron chi connectivity index (χ3n) is 7.41. The van der Waals surface area contributed by atoms with Crippen LogP contribution in [0.3, 0.4) is 0 Å². The molecule has 0 aromatic heterocycles. The first kappa shape index (κ1) is 19.6. The number of benzene rings is 1. The van der Waals surface area contributed by atoms with Crippen LogP contribution >= 0.6 is 0 Å². The molecule has 152 valence electrons. The Morgan fingerprint density at radius 1 is 1.29 bits per heavy atom. The number of hydroxylamine groups is 1. The minimum atomic E-state index is -0.629. The molecule has 28 heavy (non-hydrogen) atoms. The Morgan fingerprint density at radius 3 is 2.64 bits per heavy atom. The van der Waals surface area contributed by atoms with Crippen molar-refractivity contribution in [1.29, 1.82) is 0 Å². The number of amides is 1. The summed E-state index contributed by atoms with van der Waals surface area (Å²) in [7, 11) is 2.12. The molecule has 0 aliphatic heterocycles. The monoisotopic (exact) mass is 386 g/mol.